The van der Waals surface area contributed by atoms with E-state index in [1.54, 1.807) is 36.4 Å². The molecule has 0 bridgehead atoms. The number of rotatable bonds is 7. The minimum Gasteiger partial charge on any atom is -0.506 e. The van der Waals surface area contributed by atoms with Gasteiger partial charge in [0.1, 0.15) is 5.75 Å². The van der Waals surface area contributed by atoms with Crippen molar-refractivity contribution in [2.24, 2.45) is 0 Å². The zero-order chi connectivity index (χ0) is 25.6. The Bertz CT molecular complexity index is 1230. The van der Waals surface area contributed by atoms with Crippen molar-refractivity contribution in [3.8, 4) is 5.75 Å². The summed E-state index contributed by atoms with van der Waals surface area (Å²) in [6, 6.07) is 11.7. The Morgan fingerprint density at radius 1 is 1.00 bits per heavy atom. The molecule has 10 nitrogen and oxygen atoms in total. The van der Waals surface area contributed by atoms with Crippen LogP contribution in [0.25, 0.3) is 0 Å². The summed E-state index contributed by atoms with van der Waals surface area (Å²) in [6.07, 6.45) is 5.60. The summed E-state index contributed by atoms with van der Waals surface area (Å²) < 4.78 is 0. The van der Waals surface area contributed by atoms with Crippen LogP contribution in [0, 0.1) is 0 Å². The van der Waals surface area contributed by atoms with Gasteiger partial charge in [0.05, 0.1) is 5.69 Å². The predicted octanol–water partition coefficient (Wildman–Crippen LogP) is 4.38. The van der Waals surface area contributed by atoms with Crippen molar-refractivity contribution in [3.05, 3.63) is 53.1 Å². The number of aromatic hydroxyl groups is 1. The van der Waals surface area contributed by atoms with Crippen LogP contribution >= 0.6 is 11.6 Å². The third-order valence-corrected chi connectivity index (χ3v) is 6.75. The summed E-state index contributed by atoms with van der Waals surface area (Å²) in [5.41, 5.74) is 1.32. The maximum Gasteiger partial charge on any atom is 0.255 e. The Kier molecular flexibility index (Phi) is 7.86. The monoisotopic (exact) mass is 522 g/mol. The van der Waals surface area contributed by atoms with E-state index in [9.17, 15) is 9.90 Å². The SMILES string of the molecule is O=C(Nc1ccc(Nc2nc(NC3CCCNC3)nc(N3CCCCC3)n2)cc1O)c1ccc(Cl)cc1. The molecule has 37 heavy (non-hydrogen) atoms. The molecule has 0 spiro atoms. The van der Waals surface area contributed by atoms with E-state index in [0.29, 0.717) is 39.8 Å². The molecule has 2 fully saturated rings. The van der Waals surface area contributed by atoms with Crippen LogP contribution in [0.1, 0.15) is 42.5 Å². The Morgan fingerprint density at radius 3 is 2.51 bits per heavy atom. The molecule has 11 heteroatoms. The molecule has 2 aliphatic heterocycles. The Hall–Kier alpha value is -3.63. The maximum absolute atomic E-state index is 12.5. The largest absolute Gasteiger partial charge is 0.506 e. The van der Waals surface area contributed by atoms with E-state index in [4.69, 9.17) is 16.6 Å². The second kappa shape index (κ2) is 11.6. The van der Waals surface area contributed by atoms with Crippen molar-refractivity contribution < 1.29 is 9.90 Å². The van der Waals surface area contributed by atoms with Gasteiger partial charge in [-0.3, -0.25) is 4.79 Å². The van der Waals surface area contributed by atoms with Gasteiger partial charge in [-0.25, -0.2) is 0 Å². The fourth-order valence-corrected chi connectivity index (χ4v) is 4.64. The molecular formula is C26H31ClN8O2. The number of anilines is 5. The zero-order valence-corrected chi connectivity index (χ0v) is 21.3. The molecule has 2 aliphatic rings. The summed E-state index contributed by atoms with van der Waals surface area (Å²) in [5.74, 6) is 1.13. The molecule has 5 rings (SSSR count). The number of phenolic OH excluding ortho intramolecular Hbond substituents is 1. The molecule has 0 aliphatic carbocycles. The minimum absolute atomic E-state index is 0.0794. The molecule has 2 aromatic carbocycles. The first kappa shape index (κ1) is 25.0. The average Bonchev–Trinajstić information content (AvgIpc) is 2.91. The molecule has 194 valence electrons. The Morgan fingerprint density at radius 2 is 1.78 bits per heavy atom. The fraction of sp³-hybridized carbons (Fsp3) is 0.385. The summed E-state index contributed by atoms with van der Waals surface area (Å²) in [5, 5.41) is 23.9. The number of nitrogens with zero attached hydrogens (tertiary/aromatic N) is 4. The number of halogens is 1. The van der Waals surface area contributed by atoms with Crippen molar-refractivity contribution in [1.82, 2.24) is 20.3 Å². The third kappa shape index (κ3) is 6.58. The number of nitrogens with one attached hydrogen (secondary N) is 4. The average molecular weight is 523 g/mol. The van der Waals surface area contributed by atoms with Crippen LogP contribution in [-0.4, -0.2) is 58.2 Å². The lowest BCUT2D eigenvalue weighted by Crippen LogP contribution is -2.39. The van der Waals surface area contributed by atoms with Gasteiger partial charge in [0.25, 0.3) is 5.91 Å². The highest BCUT2D eigenvalue weighted by molar-refractivity contribution is 6.30. The molecule has 3 aromatic rings. The molecule has 0 radical (unpaired) electrons. The fourth-order valence-electron chi connectivity index (χ4n) is 4.52. The second-order valence-corrected chi connectivity index (χ2v) is 9.77. The van der Waals surface area contributed by atoms with Crippen molar-refractivity contribution in [3.63, 3.8) is 0 Å². The van der Waals surface area contributed by atoms with Gasteiger partial charge in [-0.2, -0.15) is 15.0 Å². The molecule has 3 heterocycles. The number of hydrogen-bond donors (Lipinski definition) is 5. The number of carbonyl (C=O) groups excluding carboxylic acids is 1. The van der Waals surface area contributed by atoms with Gasteiger partial charge in [-0.1, -0.05) is 11.6 Å². The van der Waals surface area contributed by atoms with Gasteiger partial charge in [-0.05, 0) is 75.0 Å². The van der Waals surface area contributed by atoms with E-state index in [1.165, 1.54) is 12.5 Å². The summed E-state index contributed by atoms with van der Waals surface area (Å²) in [4.78, 5) is 28.7. The zero-order valence-electron chi connectivity index (χ0n) is 20.5. The topological polar surface area (TPSA) is 127 Å². The first-order valence-electron chi connectivity index (χ1n) is 12.7. The normalized spacial score (nSPS) is 17.8. The molecule has 1 atom stereocenters. The summed E-state index contributed by atoms with van der Waals surface area (Å²) >= 11 is 5.90. The minimum atomic E-state index is -0.343. The highest BCUT2D eigenvalue weighted by Crippen LogP contribution is 2.29. The summed E-state index contributed by atoms with van der Waals surface area (Å²) in [7, 11) is 0. The molecule has 0 saturated carbocycles. The number of amides is 1. The Labute approximate surface area is 220 Å². The third-order valence-electron chi connectivity index (χ3n) is 6.50. The second-order valence-electron chi connectivity index (χ2n) is 9.34. The first-order chi connectivity index (χ1) is 18.0. The van der Waals surface area contributed by atoms with Gasteiger partial charge in [0.15, 0.2) is 0 Å². The van der Waals surface area contributed by atoms with Crippen LogP contribution in [0.5, 0.6) is 5.75 Å². The van der Waals surface area contributed by atoms with E-state index < -0.39 is 0 Å². The van der Waals surface area contributed by atoms with E-state index in [1.807, 2.05) is 0 Å². The molecule has 1 unspecified atom stereocenters. The van der Waals surface area contributed by atoms with Crippen molar-refractivity contribution in [1.29, 1.82) is 0 Å². The van der Waals surface area contributed by atoms with Gasteiger partial charge >= 0.3 is 0 Å². The van der Waals surface area contributed by atoms with E-state index in [0.717, 1.165) is 51.9 Å². The van der Waals surface area contributed by atoms with Crippen molar-refractivity contribution in [2.75, 3.05) is 47.0 Å². The summed E-state index contributed by atoms with van der Waals surface area (Å²) in [6.45, 7) is 3.72. The highest BCUT2D eigenvalue weighted by atomic mass is 35.5. The van der Waals surface area contributed by atoms with Gasteiger partial charge in [0, 0.05) is 48.0 Å². The standard InChI is InChI=1S/C26H31ClN8O2/c27-18-8-6-17(7-9-18)23(37)31-21-11-10-19(15-22(21)36)29-24-32-25(30-20-5-4-12-28-16-20)34-26(33-24)35-13-2-1-3-14-35/h6-11,15,20,28,36H,1-5,12-14,16H2,(H,31,37)(H2,29,30,32,33,34). The lowest BCUT2D eigenvalue weighted by atomic mass is 10.1. The van der Waals surface area contributed by atoms with Crippen LogP contribution in [0.3, 0.4) is 0 Å². The quantitative estimate of drug-likeness (QED) is 0.287. The number of benzene rings is 2. The lowest BCUT2D eigenvalue weighted by Gasteiger charge is -2.28. The van der Waals surface area contributed by atoms with Crippen LogP contribution < -0.4 is 26.2 Å². The first-order valence-corrected chi connectivity index (χ1v) is 13.1. The van der Waals surface area contributed by atoms with E-state index >= 15 is 0 Å². The number of piperidine rings is 2. The maximum atomic E-state index is 12.5. The Balaban J connectivity index is 1.33. The van der Waals surface area contributed by atoms with Gasteiger partial charge in [0.2, 0.25) is 17.8 Å². The van der Waals surface area contributed by atoms with Gasteiger partial charge in [-0.15, -0.1) is 0 Å². The number of phenols is 1. The molecule has 1 aromatic heterocycles. The predicted molar refractivity (Wildman–Crippen MR) is 146 cm³/mol. The molecular weight excluding hydrogens is 492 g/mol. The number of hydrogen-bond acceptors (Lipinski definition) is 9. The van der Waals surface area contributed by atoms with Crippen LogP contribution in [0.2, 0.25) is 5.02 Å². The molecule has 1 amide bonds. The van der Waals surface area contributed by atoms with Crippen molar-refractivity contribution in [2.45, 2.75) is 38.1 Å². The molecule has 5 N–H and O–H groups in total. The lowest BCUT2D eigenvalue weighted by molar-refractivity contribution is 0.102. The van der Waals surface area contributed by atoms with Crippen LogP contribution in [-0.2, 0) is 0 Å². The van der Waals surface area contributed by atoms with Crippen LogP contribution in [0.4, 0.5) is 29.2 Å². The number of carbonyl (C=O) groups is 1. The van der Waals surface area contributed by atoms with E-state index in [2.05, 4.69) is 36.1 Å². The highest BCUT2D eigenvalue weighted by Gasteiger charge is 2.19. The number of aromatic nitrogens is 3. The van der Waals surface area contributed by atoms with Gasteiger partial charge < -0.3 is 31.3 Å². The van der Waals surface area contributed by atoms with E-state index in [-0.39, 0.29) is 17.7 Å². The smallest absolute Gasteiger partial charge is 0.255 e. The van der Waals surface area contributed by atoms with Crippen molar-refractivity contribution >= 4 is 46.7 Å². The molecule has 2 saturated heterocycles. The van der Waals surface area contributed by atoms with Crippen LogP contribution in [0.15, 0.2) is 42.5 Å².